The van der Waals surface area contributed by atoms with Crippen LogP contribution < -0.4 is 19.0 Å². The third-order valence-electron chi connectivity index (χ3n) is 4.73. The van der Waals surface area contributed by atoms with Gasteiger partial charge in [0.2, 0.25) is 5.91 Å². The van der Waals surface area contributed by atoms with Crippen molar-refractivity contribution in [2.24, 2.45) is 4.99 Å². The summed E-state index contributed by atoms with van der Waals surface area (Å²) in [5, 5.41) is 0. The zero-order chi connectivity index (χ0) is 23.3. The number of nitrogens with zero attached hydrogens (tertiary/aromatic N) is 2. The summed E-state index contributed by atoms with van der Waals surface area (Å²) in [6, 6.07) is 9.60. The quantitative estimate of drug-likeness (QED) is 0.440. The van der Waals surface area contributed by atoms with Gasteiger partial charge in [-0.2, -0.15) is 4.99 Å². The molecule has 1 aromatic heterocycles. The van der Waals surface area contributed by atoms with E-state index >= 15 is 0 Å². The number of benzene rings is 2. The van der Waals surface area contributed by atoms with Crippen LogP contribution in [-0.4, -0.2) is 46.0 Å². The molecule has 0 aliphatic rings. The zero-order valence-electron chi connectivity index (χ0n) is 18.0. The largest absolute Gasteiger partial charge is 0.497 e. The van der Waals surface area contributed by atoms with E-state index < -0.39 is 15.7 Å². The summed E-state index contributed by atoms with van der Waals surface area (Å²) in [5.41, 5.74) is 0.731. The minimum absolute atomic E-state index is 0.129. The van der Waals surface area contributed by atoms with E-state index in [0.29, 0.717) is 28.6 Å². The van der Waals surface area contributed by atoms with E-state index in [-0.39, 0.29) is 17.1 Å². The molecular formula is C22H24N2O6S2. The molecule has 0 saturated carbocycles. The molecule has 32 heavy (non-hydrogen) atoms. The number of carbonyl (C=O) groups is 1. The first-order valence-electron chi connectivity index (χ1n) is 9.64. The molecule has 0 unspecified atom stereocenters. The van der Waals surface area contributed by atoms with Crippen molar-refractivity contribution in [1.29, 1.82) is 0 Å². The van der Waals surface area contributed by atoms with E-state index in [1.807, 2.05) is 0 Å². The van der Waals surface area contributed by atoms with Crippen LogP contribution in [0.5, 0.6) is 17.2 Å². The minimum Gasteiger partial charge on any atom is -0.497 e. The fourth-order valence-corrected chi connectivity index (χ4v) is 5.52. The summed E-state index contributed by atoms with van der Waals surface area (Å²) in [7, 11) is 0.986. The lowest BCUT2D eigenvalue weighted by atomic mass is 10.3. The van der Waals surface area contributed by atoms with Crippen LogP contribution in [-0.2, 0) is 21.2 Å². The number of allylic oxidation sites excluding steroid dienone is 1. The number of thiazole rings is 1. The molecule has 0 spiro atoms. The maximum absolute atomic E-state index is 12.6. The first-order chi connectivity index (χ1) is 15.3. The highest BCUT2D eigenvalue weighted by molar-refractivity contribution is 7.91. The molecule has 10 heteroatoms. The summed E-state index contributed by atoms with van der Waals surface area (Å²) < 4.78 is 43.7. The number of carbonyl (C=O) groups excluding carboxylic acids is 1. The van der Waals surface area contributed by atoms with Gasteiger partial charge in [-0.1, -0.05) is 17.4 Å². The molecule has 0 aliphatic heterocycles. The lowest BCUT2D eigenvalue weighted by Gasteiger charge is -2.08. The molecule has 3 aromatic rings. The highest BCUT2D eigenvalue weighted by Gasteiger charge is 2.18. The number of ether oxygens (including phenoxy) is 3. The van der Waals surface area contributed by atoms with Gasteiger partial charge in [0, 0.05) is 13.0 Å². The highest BCUT2D eigenvalue weighted by Crippen LogP contribution is 2.35. The van der Waals surface area contributed by atoms with Crippen molar-refractivity contribution in [1.82, 2.24) is 4.57 Å². The van der Waals surface area contributed by atoms with Crippen molar-refractivity contribution < 1.29 is 27.4 Å². The average Bonchev–Trinajstić information content (AvgIpc) is 3.15. The average molecular weight is 477 g/mol. The van der Waals surface area contributed by atoms with Gasteiger partial charge < -0.3 is 18.8 Å². The Bertz CT molecular complexity index is 1300. The van der Waals surface area contributed by atoms with Gasteiger partial charge in [-0.05, 0) is 36.4 Å². The van der Waals surface area contributed by atoms with Gasteiger partial charge in [0.25, 0.3) is 0 Å². The number of amides is 1. The topological polar surface area (TPSA) is 96.2 Å². The van der Waals surface area contributed by atoms with E-state index in [0.717, 1.165) is 10.2 Å². The number of hydrogen-bond donors (Lipinski definition) is 0. The molecule has 0 aliphatic carbocycles. The molecule has 1 amide bonds. The Morgan fingerprint density at radius 1 is 1.06 bits per heavy atom. The van der Waals surface area contributed by atoms with Gasteiger partial charge in [-0.3, -0.25) is 4.79 Å². The predicted molar refractivity (Wildman–Crippen MR) is 123 cm³/mol. The van der Waals surface area contributed by atoms with Crippen LogP contribution in [0.25, 0.3) is 10.2 Å². The van der Waals surface area contributed by atoms with Crippen molar-refractivity contribution in [3.05, 3.63) is 53.9 Å². The third-order valence-corrected chi connectivity index (χ3v) is 7.55. The number of methoxy groups -OCH3 is 3. The second-order valence-electron chi connectivity index (χ2n) is 6.68. The van der Waals surface area contributed by atoms with Crippen LogP contribution in [0.3, 0.4) is 0 Å². The molecule has 0 saturated heterocycles. The summed E-state index contributed by atoms with van der Waals surface area (Å²) in [6.07, 6.45) is 1.44. The Hall–Kier alpha value is -3.11. The smallest absolute Gasteiger partial charge is 0.249 e. The van der Waals surface area contributed by atoms with Gasteiger partial charge in [0.1, 0.15) is 27.5 Å². The molecular weight excluding hydrogens is 452 g/mol. The molecule has 3 rings (SSSR count). The molecule has 0 N–H and O–H groups in total. The van der Waals surface area contributed by atoms with E-state index in [1.165, 1.54) is 30.6 Å². The molecule has 0 bridgehead atoms. The molecule has 170 valence electrons. The van der Waals surface area contributed by atoms with Crippen LogP contribution in [0.4, 0.5) is 0 Å². The van der Waals surface area contributed by atoms with Crippen molar-refractivity contribution in [3.63, 3.8) is 0 Å². The van der Waals surface area contributed by atoms with Crippen LogP contribution in [0.2, 0.25) is 0 Å². The number of rotatable bonds is 9. The van der Waals surface area contributed by atoms with Gasteiger partial charge in [0.15, 0.2) is 14.6 Å². The first-order valence-corrected chi connectivity index (χ1v) is 12.1. The van der Waals surface area contributed by atoms with Crippen LogP contribution in [0.1, 0.15) is 6.42 Å². The van der Waals surface area contributed by atoms with Gasteiger partial charge in [-0.25, -0.2) is 8.42 Å². The Morgan fingerprint density at radius 2 is 1.72 bits per heavy atom. The summed E-state index contributed by atoms with van der Waals surface area (Å²) >= 11 is 1.27. The van der Waals surface area contributed by atoms with Crippen LogP contribution in [0, 0.1) is 0 Å². The van der Waals surface area contributed by atoms with E-state index in [9.17, 15) is 13.2 Å². The van der Waals surface area contributed by atoms with Crippen molar-refractivity contribution in [3.8, 4) is 17.2 Å². The van der Waals surface area contributed by atoms with Crippen LogP contribution >= 0.6 is 11.3 Å². The summed E-state index contributed by atoms with van der Waals surface area (Å²) in [4.78, 5) is 17.3. The van der Waals surface area contributed by atoms with E-state index in [4.69, 9.17) is 14.2 Å². The van der Waals surface area contributed by atoms with Gasteiger partial charge >= 0.3 is 0 Å². The van der Waals surface area contributed by atoms with Gasteiger partial charge in [-0.15, -0.1) is 6.58 Å². The normalized spacial score (nSPS) is 12.0. The Morgan fingerprint density at radius 3 is 2.31 bits per heavy atom. The van der Waals surface area contributed by atoms with Crippen LogP contribution in [0.15, 0.2) is 58.9 Å². The van der Waals surface area contributed by atoms with Crippen molar-refractivity contribution in [2.75, 3.05) is 27.1 Å². The summed E-state index contributed by atoms with van der Waals surface area (Å²) in [5.74, 6) is 0.900. The SMILES string of the molecule is C=CCn1c(=NC(=O)CCS(=O)(=O)c2ccc(OC)cc2)sc2c(OC)ccc(OC)c21. The van der Waals surface area contributed by atoms with E-state index in [1.54, 1.807) is 49.1 Å². The lowest BCUT2D eigenvalue weighted by molar-refractivity contribution is -0.117. The number of hydrogen-bond acceptors (Lipinski definition) is 7. The molecule has 0 radical (unpaired) electrons. The third kappa shape index (κ3) is 4.86. The fraction of sp³-hybridized carbons (Fsp3) is 0.273. The predicted octanol–water partition coefficient (Wildman–Crippen LogP) is 3.21. The Kier molecular flexibility index (Phi) is 7.37. The molecule has 8 nitrogen and oxygen atoms in total. The zero-order valence-corrected chi connectivity index (χ0v) is 19.7. The Labute approximate surface area is 190 Å². The van der Waals surface area contributed by atoms with Gasteiger partial charge in [0.05, 0.1) is 32.0 Å². The maximum Gasteiger partial charge on any atom is 0.249 e. The number of aromatic nitrogens is 1. The number of fused-ring (bicyclic) bond motifs is 1. The lowest BCUT2D eigenvalue weighted by Crippen LogP contribution is -2.18. The fourth-order valence-electron chi connectivity index (χ4n) is 3.12. The number of sulfone groups is 1. The highest BCUT2D eigenvalue weighted by atomic mass is 32.2. The monoisotopic (exact) mass is 476 g/mol. The van der Waals surface area contributed by atoms with E-state index in [2.05, 4.69) is 11.6 Å². The van der Waals surface area contributed by atoms with Crippen molar-refractivity contribution in [2.45, 2.75) is 17.9 Å². The molecule has 0 fully saturated rings. The standard InChI is InChI=1S/C22H24N2O6S2/c1-5-13-24-20-17(29-3)10-11-18(30-4)21(20)31-22(24)23-19(25)12-14-32(26,27)16-8-6-15(28-2)7-9-16/h5-11H,1,12-14H2,2-4H3. The molecule has 2 aromatic carbocycles. The first kappa shape index (κ1) is 23.6. The second kappa shape index (κ2) is 10.0. The Balaban J connectivity index is 1.93. The molecule has 1 heterocycles. The second-order valence-corrected chi connectivity index (χ2v) is 9.77. The molecule has 0 atom stereocenters. The summed E-state index contributed by atoms with van der Waals surface area (Å²) in [6.45, 7) is 4.16. The maximum atomic E-state index is 12.6. The van der Waals surface area contributed by atoms with Crippen molar-refractivity contribution >= 4 is 37.3 Å². The minimum atomic E-state index is -3.63.